The molecule has 154 valence electrons. The van der Waals surface area contributed by atoms with Crippen LogP contribution in [-0.2, 0) is 9.59 Å². The van der Waals surface area contributed by atoms with Crippen LogP contribution in [0.5, 0.6) is 0 Å². The van der Waals surface area contributed by atoms with Gasteiger partial charge in [-0.2, -0.15) is 5.26 Å². The summed E-state index contributed by atoms with van der Waals surface area (Å²) >= 11 is 4.63. The first-order chi connectivity index (χ1) is 14.3. The predicted octanol–water partition coefficient (Wildman–Crippen LogP) is 5.08. The van der Waals surface area contributed by atoms with Crippen LogP contribution in [0.1, 0.15) is 34.6 Å². The number of nitriles is 1. The Labute approximate surface area is 189 Å². The minimum absolute atomic E-state index is 0.0936. The molecule has 0 bridgehead atoms. The molecule has 1 aliphatic heterocycles. The normalized spacial score (nSPS) is 16.1. The fourth-order valence-corrected chi connectivity index (χ4v) is 5.00. The topological polar surface area (TPSA) is 82.0 Å². The first kappa shape index (κ1) is 22.1. The molecule has 0 saturated carbocycles. The number of nitrogens with one attached hydrogen (secondary N) is 2. The van der Waals surface area contributed by atoms with Gasteiger partial charge in [-0.25, -0.2) is 0 Å². The molecule has 0 radical (unpaired) electrons. The Morgan fingerprint density at radius 2 is 1.87 bits per heavy atom. The van der Waals surface area contributed by atoms with E-state index in [1.807, 2.05) is 57.2 Å². The van der Waals surface area contributed by atoms with Crippen LogP contribution in [-0.4, -0.2) is 17.6 Å². The predicted molar refractivity (Wildman–Crippen MR) is 124 cm³/mol. The molecule has 1 heterocycles. The van der Waals surface area contributed by atoms with Gasteiger partial charge >= 0.3 is 0 Å². The van der Waals surface area contributed by atoms with Gasteiger partial charge in [0.25, 0.3) is 0 Å². The standard InChI is InChI=1S/C23H22BrN3O2S/c1-13-4-6-16(7-5-13)18-10-20(28)27-23(19(18)11-25)30-12-21(29)26-22-14(2)8-17(24)9-15(22)3/h4-9,18H,10,12H2,1-3H3,(H,26,29)(H,27,28)/t18-/m0/s1. The number of nitrogens with zero attached hydrogens (tertiary/aromatic N) is 1. The third kappa shape index (κ3) is 5.13. The molecule has 30 heavy (non-hydrogen) atoms. The number of anilines is 1. The van der Waals surface area contributed by atoms with Crippen molar-refractivity contribution in [1.82, 2.24) is 5.32 Å². The van der Waals surface area contributed by atoms with Gasteiger partial charge in [-0.05, 0) is 49.6 Å². The summed E-state index contributed by atoms with van der Waals surface area (Å²) in [4.78, 5) is 24.8. The zero-order valence-corrected chi connectivity index (χ0v) is 19.4. The molecule has 7 heteroatoms. The van der Waals surface area contributed by atoms with E-state index in [0.717, 1.165) is 32.4 Å². The van der Waals surface area contributed by atoms with Crippen molar-refractivity contribution in [3.8, 4) is 6.07 Å². The minimum Gasteiger partial charge on any atom is -0.325 e. The molecule has 0 saturated heterocycles. The molecule has 2 N–H and O–H groups in total. The van der Waals surface area contributed by atoms with Crippen LogP contribution in [0.15, 0.2) is 51.5 Å². The molecule has 0 aromatic heterocycles. The molecule has 0 unspecified atom stereocenters. The Balaban J connectivity index is 1.77. The summed E-state index contributed by atoms with van der Waals surface area (Å²) in [7, 11) is 0. The Morgan fingerprint density at radius 3 is 2.47 bits per heavy atom. The number of aryl methyl sites for hydroxylation is 3. The lowest BCUT2D eigenvalue weighted by molar-refractivity contribution is -0.121. The maximum Gasteiger partial charge on any atom is 0.234 e. The van der Waals surface area contributed by atoms with Crippen LogP contribution in [0.25, 0.3) is 0 Å². The first-order valence-corrected chi connectivity index (χ1v) is 11.3. The van der Waals surface area contributed by atoms with E-state index < -0.39 is 0 Å². The summed E-state index contributed by atoms with van der Waals surface area (Å²) in [5.74, 6) is -0.547. The van der Waals surface area contributed by atoms with Crippen molar-refractivity contribution in [3.63, 3.8) is 0 Å². The van der Waals surface area contributed by atoms with Gasteiger partial charge in [0.2, 0.25) is 11.8 Å². The lowest BCUT2D eigenvalue weighted by Crippen LogP contribution is -2.31. The lowest BCUT2D eigenvalue weighted by Gasteiger charge is -2.25. The van der Waals surface area contributed by atoms with Gasteiger partial charge in [0.15, 0.2) is 0 Å². The van der Waals surface area contributed by atoms with Gasteiger partial charge in [-0.3, -0.25) is 9.59 Å². The fourth-order valence-electron chi connectivity index (χ4n) is 3.44. The Hall–Kier alpha value is -2.56. The third-order valence-electron chi connectivity index (χ3n) is 4.95. The fraction of sp³-hybridized carbons (Fsp3) is 0.261. The summed E-state index contributed by atoms with van der Waals surface area (Å²) < 4.78 is 0.959. The van der Waals surface area contributed by atoms with Gasteiger partial charge in [0, 0.05) is 22.5 Å². The summed E-state index contributed by atoms with van der Waals surface area (Å²) in [5, 5.41) is 15.9. The Bertz CT molecular complexity index is 1050. The molecule has 3 rings (SSSR count). The number of carbonyl (C=O) groups is 2. The summed E-state index contributed by atoms with van der Waals surface area (Å²) in [6.07, 6.45) is 0.222. The van der Waals surface area contributed by atoms with E-state index in [1.54, 1.807) is 0 Å². The number of allylic oxidation sites excluding steroid dienone is 1. The molecule has 2 aromatic carbocycles. The number of carbonyl (C=O) groups excluding carboxylic acids is 2. The number of halogens is 1. The monoisotopic (exact) mass is 483 g/mol. The molecule has 0 fully saturated rings. The quantitative estimate of drug-likeness (QED) is 0.620. The van der Waals surface area contributed by atoms with Crippen molar-refractivity contribution >= 4 is 45.2 Å². The zero-order chi connectivity index (χ0) is 21.8. The van der Waals surface area contributed by atoms with Gasteiger partial charge in [-0.15, -0.1) is 0 Å². The lowest BCUT2D eigenvalue weighted by atomic mass is 9.87. The van der Waals surface area contributed by atoms with Crippen molar-refractivity contribution in [2.45, 2.75) is 33.1 Å². The SMILES string of the molecule is Cc1ccc([C@@H]2CC(=O)NC(SCC(=O)Nc3c(C)cc(Br)cc3C)=C2C#N)cc1. The Morgan fingerprint density at radius 1 is 1.23 bits per heavy atom. The highest BCUT2D eigenvalue weighted by Gasteiger charge is 2.29. The number of benzene rings is 2. The van der Waals surface area contributed by atoms with Crippen LogP contribution in [0.2, 0.25) is 0 Å². The van der Waals surface area contributed by atoms with E-state index in [9.17, 15) is 14.9 Å². The Kier molecular flexibility index (Phi) is 7.01. The average Bonchev–Trinajstić information content (AvgIpc) is 2.69. The number of hydrogen-bond acceptors (Lipinski definition) is 4. The van der Waals surface area contributed by atoms with Crippen molar-refractivity contribution in [2.75, 3.05) is 11.1 Å². The summed E-state index contributed by atoms with van der Waals surface area (Å²) in [6.45, 7) is 5.86. The smallest absolute Gasteiger partial charge is 0.234 e. The van der Waals surface area contributed by atoms with Gasteiger partial charge in [0.1, 0.15) is 0 Å². The molecule has 2 aromatic rings. The molecular weight excluding hydrogens is 462 g/mol. The second kappa shape index (κ2) is 9.50. The summed E-state index contributed by atoms with van der Waals surface area (Å²) in [6, 6.07) is 14.0. The third-order valence-corrected chi connectivity index (χ3v) is 6.42. The van der Waals surface area contributed by atoms with E-state index in [0.29, 0.717) is 10.6 Å². The van der Waals surface area contributed by atoms with E-state index in [2.05, 4.69) is 32.6 Å². The van der Waals surface area contributed by atoms with Crippen LogP contribution in [0.4, 0.5) is 5.69 Å². The second-order valence-corrected chi connectivity index (χ2v) is 9.22. The van der Waals surface area contributed by atoms with E-state index in [4.69, 9.17) is 0 Å². The van der Waals surface area contributed by atoms with Crippen molar-refractivity contribution in [2.24, 2.45) is 0 Å². The van der Waals surface area contributed by atoms with Crippen molar-refractivity contribution < 1.29 is 9.59 Å². The van der Waals surface area contributed by atoms with E-state index >= 15 is 0 Å². The van der Waals surface area contributed by atoms with Gasteiger partial charge < -0.3 is 10.6 Å². The van der Waals surface area contributed by atoms with E-state index in [1.165, 1.54) is 11.8 Å². The molecule has 1 aliphatic rings. The number of thioether (sulfide) groups is 1. The number of hydrogen-bond donors (Lipinski definition) is 2. The second-order valence-electron chi connectivity index (χ2n) is 7.32. The highest BCUT2D eigenvalue weighted by Crippen LogP contribution is 2.36. The van der Waals surface area contributed by atoms with Crippen molar-refractivity contribution in [3.05, 3.63) is 73.7 Å². The summed E-state index contributed by atoms with van der Waals surface area (Å²) in [5.41, 5.74) is 5.24. The van der Waals surface area contributed by atoms with Crippen LogP contribution < -0.4 is 10.6 Å². The van der Waals surface area contributed by atoms with Crippen LogP contribution in [0.3, 0.4) is 0 Å². The molecule has 1 atom stereocenters. The number of amides is 2. The maximum absolute atomic E-state index is 12.5. The largest absolute Gasteiger partial charge is 0.325 e. The number of rotatable bonds is 5. The van der Waals surface area contributed by atoms with Crippen LogP contribution in [0, 0.1) is 32.1 Å². The van der Waals surface area contributed by atoms with Gasteiger partial charge in [0.05, 0.1) is 22.4 Å². The highest BCUT2D eigenvalue weighted by molar-refractivity contribution is 9.10. The zero-order valence-electron chi connectivity index (χ0n) is 17.0. The highest BCUT2D eigenvalue weighted by atomic mass is 79.9. The first-order valence-electron chi connectivity index (χ1n) is 9.48. The molecule has 0 aliphatic carbocycles. The van der Waals surface area contributed by atoms with Crippen molar-refractivity contribution in [1.29, 1.82) is 5.26 Å². The molecule has 2 amide bonds. The van der Waals surface area contributed by atoms with Crippen LogP contribution >= 0.6 is 27.7 Å². The molecular formula is C23H22BrN3O2S. The van der Waals surface area contributed by atoms with Gasteiger partial charge in [-0.1, -0.05) is 57.5 Å². The molecule has 5 nitrogen and oxygen atoms in total. The maximum atomic E-state index is 12.5. The van der Waals surface area contributed by atoms with E-state index in [-0.39, 0.29) is 29.9 Å². The average molecular weight is 484 g/mol. The minimum atomic E-state index is -0.300. The molecule has 0 spiro atoms.